The number of hydrogen-bond donors (Lipinski definition) is 0. The number of aromatic nitrogens is 1. The highest BCUT2D eigenvalue weighted by Gasteiger charge is 2.54. The van der Waals surface area contributed by atoms with Crippen LogP contribution in [0.15, 0.2) is 18.3 Å². The summed E-state index contributed by atoms with van der Waals surface area (Å²) in [6, 6.07) is 3.93. The molecule has 1 aromatic heterocycles. The first-order chi connectivity index (χ1) is 9.68. The fourth-order valence-corrected chi connectivity index (χ4v) is 2.52. The van der Waals surface area contributed by atoms with Crippen molar-refractivity contribution in [2.45, 2.75) is 51.1 Å². The van der Waals surface area contributed by atoms with Crippen LogP contribution in [-0.4, -0.2) is 36.0 Å². The van der Waals surface area contributed by atoms with E-state index in [2.05, 4.69) is 0 Å². The summed E-state index contributed by atoms with van der Waals surface area (Å²) in [7, 11) is 2.88. The lowest BCUT2D eigenvalue weighted by molar-refractivity contribution is -0.140. The van der Waals surface area contributed by atoms with Crippen LogP contribution in [0, 0.1) is 0 Å². The fourth-order valence-electron chi connectivity index (χ4n) is 2.52. The highest BCUT2D eigenvalue weighted by molar-refractivity contribution is 6.48. The number of carbonyl (C=O) groups is 1. The van der Waals surface area contributed by atoms with Gasteiger partial charge in [-0.15, -0.1) is 0 Å². The van der Waals surface area contributed by atoms with E-state index in [-0.39, 0.29) is 18.2 Å². The molecule has 0 aliphatic carbocycles. The van der Waals surface area contributed by atoms with E-state index >= 15 is 0 Å². The topological polar surface area (TPSA) is 49.7 Å². The number of rotatable bonds is 4. The molecule has 1 atom stereocenters. The number of ether oxygens (including phenoxy) is 1. The molecule has 0 N–H and O–H groups in total. The quantitative estimate of drug-likeness (QED) is 0.631. The average molecular weight is 293 g/mol. The molecular formula is C15H24BNO4. The number of nitrogens with zero attached hydrogens (tertiary/aromatic N) is 1. The van der Waals surface area contributed by atoms with E-state index in [0.29, 0.717) is 0 Å². The maximum Gasteiger partial charge on any atom is 0.467 e. The Hall–Kier alpha value is -1.27. The number of methoxy groups -OCH3 is 1. The Morgan fingerprint density at radius 1 is 1.33 bits per heavy atom. The molecule has 0 aromatic carbocycles. The molecule has 1 aromatic rings. The second kappa shape index (κ2) is 5.50. The zero-order chi connectivity index (χ0) is 15.8. The van der Waals surface area contributed by atoms with E-state index in [1.807, 2.05) is 57.6 Å². The molecule has 1 saturated heterocycles. The van der Waals surface area contributed by atoms with Gasteiger partial charge in [0.1, 0.15) is 0 Å². The molecule has 0 spiro atoms. The van der Waals surface area contributed by atoms with Crippen molar-refractivity contribution in [3.05, 3.63) is 24.0 Å². The van der Waals surface area contributed by atoms with Crippen LogP contribution in [0.5, 0.6) is 0 Å². The molecule has 2 heterocycles. The SMILES string of the molecule is COC(=O)CC(B1OC(C)(C)C(C)(C)O1)c1cccn1C. The molecule has 6 heteroatoms. The minimum absolute atomic E-state index is 0.196. The monoisotopic (exact) mass is 293 g/mol. The fraction of sp³-hybridized carbons (Fsp3) is 0.667. The molecule has 2 rings (SSSR count). The lowest BCUT2D eigenvalue weighted by atomic mass is 9.68. The third-order valence-electron chi connectivity index (χ3n) is 4.58. The van der Waals surface area contributed by atoms with Gasteiger partial charge in [0.05, 0.1) is 24.7 Å². The summed E-state index contributed by atoms with van der Waals surface area (Å²) in [5, 5.41) is 0. The largest absolute Gasteiger partial charge is 0.469 e. The van der Waals surface area contributed by atoms with Crippen molar-refractivity contribution < 1.29 is 18.8 Å². The first-order valence-electron chi connectivity index (χ1n) is 7.21. The second-order valence-electron chi connectivity index (χ2n) is 6.56. The van der Waals surface area contributed by atoms with Crippen molar-refractivity contribution in [1.82, 2.24) is 4.57 Å². The second-order valence-corrected chi connectivity index (χ2v) is 6.56. The van der Waals surface area contributed by atoms with Crippen LogP contribution in [-0.2, 0) is 25.9 Å². The summed E-state index contributed by atoms with van der Waals surface area (Å²) in [5.74, 6) is -0.464. The van der Waals surface area contributed by atoms with Gasteiger partial charge < -0.3 is 18.6 Å². The van der Waals surface area contributed by atoms with Crippen LogP contribution in [0.4, 0.5) is 0 Å². The van der Waals surface area contributed by atoms with Gasteiger partial charge in [-0.05, 0) is 39.8 Å². The first kappa shape index (κ1) is 16.1. The van der Waals surface area contributed by atoms with Gasteiger partial charge in [-0.2, -0.15) is 0 Å². The Bertz CT molecular complexity index is 507. The molecule has 1 fully saturated rings. The minimum atomic E-state index is -0.470. The molecule has 5 nitrogen and oxygen atoms in total. The molecule has 0 radical (unpaired) electrons. The summed E-state index contributed by atoms with van der Waals surface area (Å²) in [6.07, 6.45) is 2.18. The summed E-state index contributed by atoms with van der Waals surface area (Å²) >= 11 is 0. The number of aryl methyl sites for hydroxylation is 1. The van der Waals surface area contributed by atoms with E-state index in [4.69, 9.17) is 14.0 Å². The Morgan fingerprint density at radius 3 is 2.33 bits per heavy atom. The highest BCUT2D eigenvalue weighted by Crippen LogP contribution is 2.41. The minimum Gasteiger partial charge on any atom is -0.469 e. The van der Waals surface area contributed by atoms with E-state index in [1.165, 1.54) is 7.11 Å². The van der Waals surface area contributed by atoms with E-state index in [9.17, 15) is 4.79 Å². The first-order valence-corrected chi connectivity index (χ1v) is 7.21. The van der Waals surface area contributed by atoms with Crippen molar-refractivity contribution >= 4 is 13.1 Å². The van der Waals surface area contributed by atoms with Crippen LogP contribution in [0.2, 0.25) is 0 Å². The molecule has 116 valence electrons. The van der Waals surface area contributed by atoms with Gasteiger partial charge in [-0.3, -0.25) is 4.79 Å². The van der Waals surface area contributed by atoms with Crippen molar-refractivity contribution in [2.24, 2.45) is 7.05 Å². The third kappa shape index (κ3) is 3.01. The predicted octanol–water partition coefficient (Wildman–Crippen LogP) is 2.30. The summed E-state index contributed by atoms with van der Waals surface area (Å²) in [4.78, 5) is 11.8. The van der Waals surface area contributed by atoms with Gasteiger partial charge in [0.15, 0.2) is 0 Å². The van der Waals surface area contributed by atoms with Crippen molar-refractivity contribution in [1.29, 1.82) is 0 Å². The molecule has 1 aliphatic rings. The standard InChI is InChI=1S/C15H24BNO4/c1-14(2)15(3,4)21-16(20-14)11(10-13(18)19-6)12-8-7-9-17(12)5/h7-9,11H,10H2,1-6H3. The smallest absolute Gasteiger partial charge is 0.467 e. The van der Waals surface area contributed by atoms with Gasteiger partial charge in [0, 0.05) is 24.8 Å². The molecule has 1 aliphatic heterocycles. The predicted molar refractivity (Wildman–Crippen MR) is 80.9 cm³/mol. The van der Waals surface area contributed by atoms with Crippen molar-refractivity contribution in [3.8, 4) is 0 Å². The van der Waals surface area contributed by atoms with Crippen LogP contribution in [0.3, 0.4) is 0 Å². The highest BCUT2D eigenvalue weighted by atomic mass is 16.7. The van der Waals surface area contributed by atoms with Crippen molar-refractivity contribution in [3.63, 3.8) is 0 Å². The number of carbonyl (C=O) groups excluding carboxylic acids is 1. The molecule has 21 heavy (non-hydrogen) atoms. The average Bonchev–Trinajstić information content (AvgIpc) is 2.88. The van der Waals surface area contributed by atoms with Crippen LogP contribution >= 0.6 is 0 Å². The zero-order valence-corrected chi connectivity index (χ0v) is 13.7. The summed E-state index contributed by atoms with van der Waals surface area (Å²) in [6.45, 7) is 8.03. The Labute approximate surface area is 126 Å². The van der Waals surface area contributed by atoms with Gasteiger partial charge >= 0.3 is 13.1 Å². The molecule has 0 amide bonds. The van der Waals surface area contributed by atoms with E-state index in [1.54, 1.807) is 0 Å². The molecule has 0 saturated carbocycles. The molecule has 0 bridgehead atoms. The molecule has 1 unspecified atom stereocenters. The van der Waals surface area contributed by atoms with Crippen LogP contribution in [0.1, 0.15) is 45.6 Å². The lowest BCUT2D eigenvalue weighted by Gasteiger charge is -2.32. The maximum absolute atomic E-state index is 11.8. The van der Waals surface area contributed by atoms with Gasteiger partial charge in [-0.1, -0.05) is 0 Å². The maximum atomic E-state index is 11.8. The summed E-state index contributed by atoms with van der Waals surface area (Å²) in [5.41, 5.74) is 0.160. The van der Waals surface area contributed by atoms with Gasteiger partial charge in [0.25, 0.3) is 0 Å². The van der Waals surface area contributed by atoms with Gasteiger partial charge in [-0.25, -0.2) is 0 Å². The third-order valence-corrected chi connectivity index (χ3v) is 4.58. The number of esters is 1. The Balaban J connectivity index is 2.29. The molecular weight excluding hydrogens is 269 g/mol. The van der Waals surface area contributed by atoms with Crippen LogP contribution in [0.25, 0.3) is 0 Å². The van der Waals surface area contributed by atoms with Crippen molar-refractivity contribution in [2.75, 3.05) is 7.11 Å². The zero-order valence-electron chi connectivity index (χ0n) is 13.7. The number of hydrogen-bond acceptors (Lipinski definition) is 4. The van der Waals surface area contributed by atoms with E-state index < -0.39 is 18.3 Å². The summed E-state index contributed by atoms with van der Waals surface area (Å²) < 4.78 is 19.0. The Kier molecular flexibility index (Phi) is 4.22. The van der Waals surface area contributed by atoms with E-state index in [0.717, 1.165) is 5.69 Å². The lowest BCUT2D eigenvalue weighted by Crippen LogP contribution is -2.41. The Morgan fingerprint density at radius 2 is 1.90 bits per heavy atom. The van der Waals surface area contributed by atoms with Crippen LogP contribution < -0.4 is 0 Å². The van der Waals surface area contributed by atoms with Gasteiger partial charge in [0.2, 0.25) is 0 Å². The normalized spacial score (nSPS) is 21.3.